The summed E-state index contributed by atoms with van der Waals surface area (Å²) in [7, 11) is 0. The van der Waals surface area contributed by atoms with Crippen molar-refractivity contribution < 1.29 is 18.7 Å². The van der Waals surface area contributed by atoms with E-state index in [-0.39, 0.29) is 18.6 Å². The van der Waals surface area contributed by atoms with Crippen molar-refractivity contribution in [2.45, 2.75) is 58.3 Å². The van der Waals surface area contributed by atoms with E-state index >= 15 is 0 Å². The molecule has 0 radical (unpaired) electrons. The molecule has 1 saturated carbocycles. The number of nitrogens with zero attached hydrogens (tertiary/aromatic N) is 1. The van der Waals surface area contributed by atoms with Crippen LogP contribution in [0.1, 0.15) is 49.8 Å². The summed E-state index contributed by atoms with van der Waals surface area (Å²) in [6.45, 7) is 7.61. The molecule has 0 bridgehead atoms. The van der Waals surface area contributed by atoms with Gasteiger partial charge in [-0.1, -0.05) is 17.7 Å². The molecule has 144 valence electrons. The highest BCUT2D eigenvalue weighted by molar-refractivity contribution is 5.69. The van der Waals surface area contributed by atoms with Crippen molar-refractivity contribution in [2.75, 3.05) is 0 Å². The van der Waals surface area contributed by atoms with E-state index in [0.717, 1.165) is 17.5 Å². The van der Waals surface area contributed by atoms with Crippen LogP contribution in [0.25, 0.3) is 0 Å². The van der Waals surface area contributed by atoms with E-state index in [1.165, 1.54) is 6.20 Å². The predicted molar refractivity (Wildman–Crippen MR) is 100 cm³/mol. The number of aryl methyl sites for hydroxylation is 1. The molecule has 1 aliphatic rings. The maximum atomic E-state index is 13.7. The van der Waals surface area contributed by atoms with E-state index in [9.17, 15) is 9.18 Å². The summed E-state index contributed by atoms with van der Waals surface area (Å²) in [4.78, 5) is 15.6. The summed E-state index contributed by atoms with van der Waals surface area (Å²) in [5.41, 5.74) is 2.00. The van der Waals surface area contributed by atoms with Crippen LogP contribution in [0.3, 0.4) is 0 Å². The zero-order valence-electron chi connectivity index (χ0n) is 16.1. The maximum Gasteiger partial charge on any atom is 0.407 e. The zero-order chi connectivity index (χ0) is 19.6. The van der Waals surface area contributed by atoms with Gasteiger partial charge in [-0.3, -0.25) is 0 Å². The Morgan fingerprint density at radius 3 is 2.81 bits per heavy atom. The third kappa shape index (κ3) is 5.18. The van der Waals surface area contributed by atoms with E-state index in [2.05, 4.69) is 16.4 Å². The zero-order valence-corrected chi connectivity index (χ0v) is 16.1. The van der Waals surface area contributed by atoms with Crippen LogP contribution in [-0.4, -0.2) is 22.7 Å². The summed E-state index contributed by atoms with van der Waals surface area (Å²) in [6, 6.07) is 9.24. The van der Waals surface area contributed by atoms with Crippen LogP contribution >= 0.6 is 0 Å². The van der Waals surface area contributed by atoms with Gasteiger partial charge in [-0.05, 0) is 57.9 Å². The number of carbonyl (C=O) groups is 1. The summed E-state index contributed by atoms with van der Waals surface area (Å²) in [6.07, 6.45) is 1.82. The van der Waals surface area contributed by atoms with Gasteiger partial charge >= 0.3 is 6.09 Å². The average molecular weight is 372 g/mol. The fourth-order valence-corrected chi connectivity index (χ4v) is 2.93. The van der Waals surface area contributed by atoms with Gasteiger partial charge in [0.1, 0.15) is 18.0 Å². The van der Waals surface area contributed by atoms with E-state index < -0.39 is 17.6 Å². The Morgan fingerprint density at radius 2 is 2.11 bits per heavy atom. The van der Waals surface area contributed by atoms with E-state index in [1.54, 1.807) is 12.1 Å². The summed E-state index contributed by atoms with van der Waals surface area (Å²) in [5.74, 6) is 0.329. The van der Waals surface area contributed by atoms with Gasteiger partial charge < -0.3 is 14.8 Å². The number of halogens is 1. The van der Waals surface area contributed by atoms with Gasteiger partial charge in [0.25, 0.3) is 0 Å². The fraction of sp³-hybridized carbons (Fsp3) is 0.429. The number of amides is 1. The molecule has 0 unspecified atom stereocenters. The lowest BCUT2D eigenvalue weighted by Gasteiger charge is -2.20. The number of aromatic nitrogens is 1. The molecule has 0 aliphatic heterocycles. The van der Waals surface area contributed by atoms with E-state index in [1.807, 2.05) is 39.8 Å². The number of nitrogens with one attached hydrogen (secondary N) is 1. The Labute approximate surface area is 158 Å². The van der Waals surface area contributed by atoms with Gasteiger partial charge in [-0.2, -0.15) is 4.39 Å². The SMILES string of the molecule is Cc1ccc(OCc2cccnc2F)c([C@@H]2C[C@H]2NC(=O)OC(C)(C)C)c1. The highest BCUT2D eigenvalue weighted by Crippen LogP contribution is 2.45. The van der Waals surface area contributed by atoms with Crippen molar-refractivity contribution in [1.82, 2.24) is 10.3 Å². The van der Waals surface area contributed by atoms with Crippen molar-refractivity contribution in [3.05, 3.63) is 59.2 Å². The van der Waals surface area contributed by atoms with Crippen molar-refractivity contribution in [2.24, 2.45) is 0 Å². The van der Waals surface area contributed by atoms with Crippen LogP contribution < -0.4 is 10.1 Å². The number of pyridine rings is 1. The molecular formula is C21H25FN2O3. The Balaban J connectivity index is 1.67. The molecule has 1 amide bonds. The molecule has 5 nitrogen and oxygen atoms in total. The van der Waals surface area contributed by atoms with Crippen molar-refractivity contribution in [1.29, 1.82) is 0 Å². The quantitative estimate of drug-likeness (QED) is 0.786. The minimum atomic E-state index is -0.528. The molecular weight excluding hydrogens is 347 g/mol. The maximum absolute atomic E-state index is 13.7. The lowest BCUT2D eigenvalue weighted by molar-refractivity contribution is 0.0522. The molecule has 0 saturated heterocycles. The second-order valence-electron chi connectivity index (χ2n) is 7.88. The first-order chi connectivity index (χ1) is 12.7. The lowest BCUT2D eigenvalue weighted by atomic mass is 10.1. The van der Waals surface area contributed by atoms with Crippen molar-refractivity contribution >= 4 is 6.09 Å². The Kier molecular flexibility index (Phi) is 5.35. The Bertz CT molecular complexity index is 832. The third-order valence-corrected chi connectivity index (χ3v) is 4.28. The summed E-state index contributed by atoms with van der Waals surface area (Å²) in [5, 5.41) is 2.90. The topological polar surface area (TPSA) is 60.5 Å². The molecule has 1 aromatic carbocycles. The number of benzene rings is 1. The average Bonchev–Trinajstić information content (AvgIpc) is 3.32. The van der Waals surface area contributed by atoms with Crippen LogP contribution in [-0.2, 0) is 11.3 Å². The molecule has 1 aliphatic carbocycles. The van der Waals surface area contributed by atoms with Gasteiger partial charge in [-0.25, -0.2) is 9.78 Å². The summed E-state index contributed by atoms with van der Waals surface area (Å²) < 4.78 is 24.9. The third-order valence-electron chi connectivity index (χ3n) is 4.28. The number of hydrogen-bond acceptors (Lipinski definition) is 4. The van der Waals surface area contributed by atoms with Crippen LogP contribution in [0, 0.1) is 12.9 Å². The number of carbonyl (C=O) groups excluding carboxylic acids is 1. The molecule has 6 heteroatoms. The van der Waals surface area contributed by atoms with E-state index in [0.29, 0.717) is 11.3 Å². The highest BCUT2D eigenvalue weighted by atomic mass is 19.1. The van der Waals surface area contributed by atoms with Crippen molar-refractivity contribution in [3.8, 4) is 5.75 Å². The number of alkyl carbamates (subject to hydrolysis) is 1. The van der Waals surface area contributed by atoms with Gasteiger partial charge in [0.2, 0.25) is 5.95 Å². The second-order valence-corrected chi connectivity index (χ2v) is 7.88. The first-order valence-corrected chi connectivity index (χ1v) is 9.05. The molecule has 0 spiro atoms. The van der Waals surface area contributed by atoms with Crippen LogP contribution in [0.5, 0.6) is 5.75 Å². The molecule has 1 fully saturated rings. The highest BCUT2D eigenvalue weighted by Gasteiger charge is 2.42. The Morgan fingerprint density at radius 1 is 1.33 bits per heavy atom. The number of ether oxygens (including phenoxy) is 2. The van der Waals surface area contributed by atoms with Crippen molar-refractivity contribution in [3.63, 3.8) is 0 Å². The largest absolute Gasteiger partial charge is 0.488 e. The molecule has 2 aromatic rings. The van der Waals surface area contributed by atoms with Crippen LogP contribution in [0.15, 0.2) is 36.5 Å². The molecule has 1 heterocycles. The van der Waals surface area contributed by atoms with Gasteiger partial charge in [0.05, 0.1) is 0 Å². The van der Waals surface area contributed by atoms with Gasteiger partial charge in [0, 0.05) is 23.7 Å². The minimum Gasteiger partial charge on any atom is -0.488 e. The van der Waals surface area contributed by atoms with E-state index in [4.69, 9.17) is 9.47 Å². The van der Waals surface area contributed by atoms with Gasteiger partial charge in [0.15, 0.2) is 0 Å². The minimum absolute atomic E-state index is 0.0131. The smallest absolute Gasteiger partial charge is 0.407 e. The standard InChI is InChI=1S/C21H25FN2O3/c1-13-7-8-18(26-12-14-6-5-9-23-19(14)22)16(10-13)15-11-17(15)24-20(25)27-21(2,3)4/h5-10,15,17H,11-12H2,1-4H3,(H,24,25)/t15-,17+/m0/s1. The number of hydrogen-bond donors (Lipinski definition) is 1. The number of rotatable bonds is 5. The van der Waals surface area contributed by atoms with Gasteiger partial charge in [-0.15, -0.1) is 0 Å². The lowest BCUT2D eigenvalue weighted by Crippen LogP contribution is -2.34. The fourth-order valence-electron chi connectivity index (χ4n) is 2.93. The normalized spacial score (nSPS) is 18.7. The van der Waals surface area contributed by atoms with Crippen LogP contribution in [0.4, 0.5) is 9.18 Å². The molecule has 1 N–H and O–H groups in total. The monoisotopic (exact) mass is 372 g/mol. The first-order valence-electron chi connectivity index (χ1n) is 9.05. The predicted octanol–water partition coefficient (Wildman–Crippen LogP) is 4.49. The molecule has 2 atom stereocenters. The second kappa shape index (κ2) is 7.55. The summed E-state index contributed by atoms with van der Waals surface area (Å²) >= 11 is 0. The molecule has 3 rings (SSSR count). The first kappa shape index (κ1) is 19.1. The molecule has 1 aromatic heterocycles. The van der Waals surface area contributed by atoms with Crippen LogP contribution in [0.2, 0.25) is 0 Å². The Hall–Kier alpha value is -2.63. The molecule has 27 heavy (non-hydrogen) atoms.